The Balaban J connectivity index is 1.53. The zero-order chi connectivity index (χ0) is 21.0. The van der Waals surface area contributed by atoms with E-state index in [4.69, 9.17) is 5.10 Å². The summed E-state index contributed by atoms with van der Waals surface area (Å²) in [6.45, 7) is 3.87. The molecule has 0 atom stereocenters. The lowest BCUT2D eigenvalue weighted by Gasteiger charge is -2.19. The fourth-order valence-corrected chi connectivity index (χ4v) is 4.18. The Labute approximate surface area is 182 Å². The molecule has 31 heavy (non-hydrogen) atoms. The van der Waals surface area contributed by atoms with Crippen molar-refractivity contribution in [3.63, 3.8) is 0 Å². The van der Waals surface area contributed by atoms with Gasteiger partial charge in [-0.25, -0.2) is 0 Å². The number of fused-ring (bicyclic) bond motifs is 3. The minimum atomic E-state index is 0.721. The molecule has 3 nitrogen and oxygen atoms in total. The van der Waals surface area contributed by atoms with Crippen LogP contribution < -0.4 is 5.01 Å². The van der Waals surface area contributed by atoms with Crippen LogP contribution in [0.25, 0.3) is 21.8 Å². The second kappa shape index (κ2) is 8.49. The van der Waals surface area contributed by atoms with Crippen LogP contribution in [0.15, 0.2) is 108 Å². The first-order valence-corrected chi connectivity index (χ1v) is 10.7. The molecule has 0 spiro atoms. The van der Waals surface area contributed by atoms with E-state index in [9.17, 15) is 0 Å². The lowest BCUT2D eigenvalue weighted by Crippen LogP contribution is -2.15. The molecule has 0 saturated carbocycles. The normalized spacial score (nSPS) is 11.5. The van der Waals surface area contributed by atoms with Crippen LogP contribution in [-0.4, -0.2) is 10.8 Å². The molecule has 0 fully saturated rings. The lowest BCUT2D eigenvalue weighted by molar-refractivity contribution is 0.827. The van der Waals surface area contributed by atoms with Gasteiger partial charge in [0.2, 0.25) is 0 Å². The SMILES string of the molecule is CCn1c2ccccc2c2cc(/C=N\N(Cc3ccccc3)c3ccccc3)ccc21. The average Bonchev–Trinajstić information content (AvgIpc) is 3.16. The lowest BCUT2D eigenvalue weighted by atomic mass is 10.1. The third kappa shape index (κ3) is 3.82. The Hall–Kier alpha value is -3.85. The molecule has 1 heterocycles. The van der Waals surface area contributed by atoms with Gasteiger partial charge in [0.15, 0.2) is 0 Å². The summed E-state index contributed by atoms with van der Waals surface area (Å²) in [5.41, 5.74) is 5.95. The van der Waals surface area contributed by atoms with E-state index < -0.39 is 0 Å². The maximum absolute atomic E-state index is 4.87. The average molecular weight is 404 g/mol. The zero-order valence-electron chi connectivity index (χ0n) is 17.6. The van der Waals surface area contributed by atoms with Gasteiger partial charge in [0.05, 0.1) is 18.4 Å². The fraction of sp³-hybridized carbons (Fsp3) is 0.107. The van der Waals surface area contributed by atoms with Crippen LogP contribution >= 0.6 is 0 Å². The standard InChI is InChI=1S/C28H25N3/c1-2-30-27-16-10-9-15-25(27)26-19-23(17-18-28(26)30)20-29-31(24-13-7-4-8-14-24)21-22-11-5-3-6-12-22/h3-20H,2,21H2,1H3/b29-20-. The molecule has 0 amide bonds. The van der Waals surface area contributed by atoms with E-state index in [0.717, 1.165) is 24.3 Å². The van der Waals surface area contributed by atoms with E-state index in [2.05, 4.69) is 107 Å². The van der Waals surface area contributed by atoms with Gasteiger partial charge < -0.3 is 4.57 Å². The summed E-state index contributed by atoms with van der Waals surface area (Å²) in [6.07, 6.45) is 1.97. The third-order valence-corrected chi connectivity index (χ3v) is 5.69. The van der Waals surface area contributed by atoms with Crippen molar-refractivity contribution < 1.29 is 0 Å². The van der Waals surface area contributed by atoms with E-state index in [1.165, 1.54) is 27.4 Å². The number of hydrogen-bond donors (Lipinski definition) is 0. The molecule has 3 heteroatoms. The van der Waals surface area contributed by atoms with Crippen molar-refractivity contribution in [1.82, 2.24) is 4.57 Å². The number of aryl methyl sites for hydroxylation is 1. The Morgan fingerprint density at radius 2 is 1.42 bits per heavy atom. The Morgan fingerprint density at radius 3 is 2.19 bits per heavy atom. The van der Waals surface area contributed by atoms with Crippen molar-refractivity contribution in [2.75, 3.05) is 5.01 Å². The minimum Gasteiger partial charge on any atom is -0.341 e. The van der Waals surface area contributed by atoms with Crippen molar-refractivity contribution in [2.24, 2.45) is 5.10 Å². The van der Waals surface area contributed by atoms with Gasteiger partial charge in [0, 0.05) is 28.4 Å². The predicted molar refractivity (Wildman–Crippen MR) is 132 cm³/mol. The van der Waals surface area contributed by atoms with Gasteiger partial charge in [-0.2, -0.15) is 5.10 Å². The number of rotatable bonds is 6. The van der Waals surface area contributed by atoms with Crippen LogP contribution in [0.3, 0.4) is 0 Å². The molecule has 0 aliphatic carbocycles. The summed E-state index contributed by atoms with van der Waals surface area (Å²) in [5, 5.41) is 9.49. The zero-order valence-corrected chi connectivity index (χ0v) is 17.6. The molecule has 5 rings (SSSR count). The number of benzene rings is 4. The fourth-order valence-electron chi connectivity index (χ4n) is 4.18. The van der Waals surface area contributed by atoms with Crippen molar-refractivity contribution >= 4 is 33.7 Å². The van der Waals surface area contributed by atoms with Crippen molar-refractivity contribution in [3.05, 3.63) is 114 Å². The van der Waals surface area contributed by atoms with Crippen LogP contribution in [0.5, 0.6) is 0 Å². The van der Waals surface area contributed by atoms with Gasteiger partial charge in [-0.3, -0.25) is 5.01 Å². The van der Waals surface area contributed by atoms with Crippen molar-refractivity contribution in [3.8, 4) is 0 Å². The molecule has 5 aromatic rings. The first kappa shape index (κ1) is 19.1. The molecule has 1 aromatic heterocycles. The maximum Gasteiger partial charge on any atom is 0.0666 e. The van der Waals surface area contributed by atoms with E-state index >= 15 is 0 Å². The van der Waals surface area contributed by atoms with E-state index in [0.29, 0.717) is 0 Å². The number of anilines is 1. The van der Waals surface area contributed by atoms with Gasteiger partial charge >= 0.3 is 0 Å². The van der Waals surface area contributed by atoms with Crippen LogP contribution in [-0.2, 0) is 13.1 Å². The molecule has 0 radical (unpaired) electrons. The van der Waals surface area contributed by atoms with E-state index in [1.54, 1.807) is 0 Å². The summed E-state index contributed by atoms with van der Waals surface area (Å²) in [5.74, 6) is 0. The molecule has 0 aliphatic rings. The molecule has 152 valence electrons. The topological polar surface area (TPSA) is 20.5 Å². The van der Waals surface area contributed by atoms with E-state index in [-0.39, 0.29) is 0 Å². The van der Waals surface area contributed by atoms with Gasteiger partial charge in [0.25, 0.3) is 0 Å². The summed E-state index contributed by atoms with van der Waals surface area (Å²) in [6, 6.07) is 36.0. The smallest absolute Gasteiger partial charge is 0.0666 e. The molecule has 0 N–H and O–H groups in total. The van der Waals surface area contributed by atoms with Crippen LogP contribution in [0.4, 0.5) is 5.69 Å². The van der Waals surface area contributed by atoms with Gasteiger partial charge in [-0.1, -0.05) is 72.8 Å². The Bertz CT molecular complexity index is 1330. The first-order chi connectivity index (χ1) is 15.3. The van der Waals surface area contributed by atoms with Gasteiger partial charge in [-0.05, 0) is 48.4 Å². The summed E-state index contributed by atoms with van der Waals surface area (Å²) in [7, 11) is 0. The highest BCUT2D eigenvalue weighted by Crippen LogP contribution is 2.29. The first-order valence-electron chi connectivity index (χ1n) is 10.7. The second-order valence-corrected chi connectivity index (χ2v) is 7.66. The highest BCUT2D eigenvalue weighted by Gasteiger charge is 2.10. The number of aromatic nitrogens is 1. The monoisotopic (exact) mass is 403 g/mol. The summed E-state index contributed by atoms with van der Waals surface area (Å²) < 4.78 is 2.37. The molecule has 0 aliphatic heterocycles. The quantitative estimate of drug-likeness (QED) is 0.224. The molecule has 0 bridgehead atoms. The third-order valence-electron chi connectivity index (χ3n) is 5.69. The van der Waals surface area contributed by atoms with Crippen LogP contribution in [0, 0.1) is 0 Å². The highest BCUT2D eigenvalue weighted by molar-refractivity contribution is 6.09. The van der Waals surface area contributed by atoms with Gasteiger partial charge in [-0.15, -0.1) is 0 Å². The highest BCUT2D eigenvalue weighted by atomic mass is 15.4. The molecule has 4 aromatic carbocycles. The van der Waals surface area contributed by atoms with Crippen molar-refractivity contribution in [2.45, 2.75) is 20.0 Å². The molecule has 0 saturated heterocycles. The number of nitrogens with zero attached hydrogens (tertiary/aromatic N) is 3. The predicted octanol–water partition coefficient (Wildman–Crippen LogP) is 6.86. The molecular formula is C28H25N3. The molecule has 0 unspecified atom stereocenters. The summed E-state index contributed by atoms with van der Waals surface area (Å²) >= 11 is 0. The summed E-state index contributed by atoms with van der Waals surface area (Å²) in [4.78, 5) is 0. The Kier molecular flexibility index (Phi) is 5.24. The van der Waals surface area contributed by atoms with Crippen LogP contribution in [0.1, 0.15) is 18.1 Å². The number of hydrazone groups is 1. The number of para-hydroxylation sites is 2. The van der Waals surface area contributed by atoms with Crippen LogP contribution in [0.2, 0.25) is 0 Å². The van der Waals surface area contributed by atoms with Crippen molar-refractivity contribution in [1.29, 1.82) is 0 Å². The Morgan fingerprint density at radius 1 is 0.742 bits per heavy atom. The van der Waals surface area contributed by atoms with Gasteiger partial charge in [0.1, 0.15) is 0 Å². The maximum atomic E-state index is 4.87. The minimum absolute atomic E-state index is 0.721. The largest absolute Gasteiger partial charge is 0.341 e. The van der Waals surface area contributed by atoms with E-state index in [1.807, 2.05) is 18.3 Å². The second-order valence-electron chi connectivity index (χ2n) is 7.66. The molecular weight excluding hydrogens is 378 g/mol. The number of hydrogen-bond acceptors (Lipinski definition) is 2.